The highest BCUT2D eigenvalue weighted by Gasteiger charge is 2.41. The van der Waals surface area contributed by atoms with E-state index in [1.807, 2.05) is 0 Å². The van der Waals surface area contributed by atoms with Crippen LogP contribution in [0.3, 0.4) is 0 Å². The number of hydrogen-bond acceptors (Lipinski definition) is 6. The zero-order chi connectivity index (χ0) is 13.3. The lowest BCUT2D eigenvalue weighted by molar-refractivity contribution is -0.385. The molecule has 1 aliphatic rings. The molecule has 1 aliphatic heterocycles. The number of carboxylic acid groups (broad SMARTS) is 1. The largest absolute Gasteiger partial charge is 0.481 e. The molecular formula is C10H12N4O4. The second kappa shape index (κ2) is 4.21. The average molecular weight is 252 g/mol. The first-order valence-electron chi connectivity index (χ1n) is 5.37. The fourth-order valence-electron chi connectivity index (χ4n) is 1.88. The van der Waals surface area contributed by atoms with Gasteiger partial charge in [-0.2, -0.15) is 0 Å². The van der Waals surface area contributed by atoms with Gasteiger partial charge in [0.25, 0.3) is 0 Å². The van der Waals surface area contributed by atoms with Crippen molar-refractivity contribution in [2.24, 2.45) is 5.41 Å². The van der Waals surface area contributed by atoms with Crippen molar-refractivity contribution in [1.82, 2.24) is 9.97 Å². The minimum absolute atomic E-state index is 0.182. The number of aromatic nitrogens is 2. The first-order valence-corrected chi connectivity index (χ1v) is 5.37. The Hall–Kier alpha value is -2.25. The van der Waals surface area contributed by atoms with Crippen molar-refractivity contribution in [3.63, 3.8) is 0 Å². The van der Waals surface area contributed by atoms with Gasteiger partial charge in [0.1, 0.15) is 12.4 Å². The molecule has 1 aromatic rings. The summed E-state index contributed by atoms with van der Waals surface area (Å²) in [7, 11) is 0. The molecule has 2 rings (SSSR count). The van der Waals surface area contributed by atoms with Crippen molar-refractivity contribution >= 4 is 17.6 Å². The van der Waals surface area contributed by atoms with E-state index in [2.05, 4.69) is 9.97 Å². The summed E-state index contributed by atoms with van der Waals surface area (Å²) in [5, 5.41) is 19.6. The van der Waals surface area contributed by atoms with E-state index in [-0.39, 0.29) is 5.69 Å². The molecule has 0 aliphatic carbocycles. The van der Waals surface area contributed by atoms with Crippen LogP contribution in [0, 0.1) is 15.5 Å². The summed E-state index contributed by atoms with van der Waals surface area (Å²) in [6.45, 7) is 2.50. The van der Waals surface area contributed by atoms with Crippen LogP contribution < -0.4 is 4.90 Å². The Morgan fingerprint density at radius 2 is 2.17 bits per heavy atom. The fraction of sp³-hybridized carbons (Fsp3) is 0.500. The predicted molar refractivity (Wildman–Crippen MR) is 61.3 cm³/mol. The standard InChI is InChI=1S/C10H12N4O4/c1-10(8(15)16)2-3-13(6-10)9-11-4-7(5-12-9)14(17)18/h4-5H,2-3,6H2,1H3,(H,15,16). The van der Waals surface area contributed by atoms with Gasteiger partial charge in [-0.05, 0) is 13.3 Å². The summed E-state index contributed by atoms with van der Waals surface area (Å²) in [6.07, 6.45) is 2.75. The van der Waals surface area contributed by atoms with Gasteiger partial charge >= 0.3 is 11.7 Å². The van der Waals surface area contributed by atoms with Gasteiger partial charge in [-0.3, -0.25) is 14.9 Å². The van der Waals surface area contributed by atoms with E-state index in [4.69, 9.17) is 5.11 Å². The van der Waals surface area contributed by atoms with E-state index in [1.165, 1.54) is 0 Å². The Kier molecular flexibility index (Phi) is 2.85. The lowest BCUT2D eigenvalue weighted by atomic mass is 9.90. The Balaban J connectivity index is 2.15. The van der Waals surface area contributed by atoms with Crippen LogP contribution in [0.25, 0.3) is 0 Å². The summed E-state index contributed by atoms with van der Waals surface area (Å²) in [5.74, 6) is -0.530. The molecule has 0 aromatic carbocycles. The van der Waals surface area contributed by atoms with Crippen molar-refractivity contribution in [2.75, 3.05) is 18.0 Å². The molecule has 18 heavy (non-hydrogen) atoms. The molecule has 1 aromatic heterocycles. The molecule has 1 N–H and O–H groups in total. The molecule has 1 atom stereocenters. The van der Waals surface area contributed by atoms with Gasteiger partial charge in [0.15, 0.2) is 0 Å². The number of carbonyl (C=O) groups is 1. The molecule has 8 nitrogen and oxygen atoms in total. The van der Waals surface area contributed by atoms with Crippen molar-refractivity contribution in [3.05, 3.63) is 22.5 Å². The molecule has 8 heteroatoms. The Morgan fingerprint density at radius 1 is 1.56 bits per heavy atom. The minimum atomic E-state index is -0.855. The van der Waals surface area contributed by atoms with Crippen LogP contribution in [0.4, 0.5) is 11.6 Å². The topological polar surface area (TPSA) is 109 Å². The SMILES string of the molecule is CC1(C(=O)O)CCN(c2ncc([N+](=O)[O-])cn2)C1. The van der Waals surface area contributed by atoms with Crippen LogP contribution >= 0.6 is 0 Å². The van der Waals surface area contributed by atoms with Crippen molar-refractivity contribution in [2.45, 2.75) is 13.3 Å². The highest BCUT2D eigenvalue weighted by Crippen LogP contribution is 2.31. The average Bonchev–Trinajstić information content (AvgIpc) is 2.73. The second-order valence-electron chi connectivity index (χ2n) is 4.54. The van der Waals surface area contributed by atoms with E-state index in [9.17, 15) is 14.9 Å². The normalized spacial score (nSPS) is 23.1. The zero-order valence-electron chi connectivity index (χ0n) is 9.74. The molecule has 0 spiro atoms. The number of aliphatic carboxylic acids is 1. The molecular weight excluding hydrogens is 240 g/mol. The zero-order valence-corrected chi connectivity index (χ0v) is 9.74. The third kappa shape index (κ3) is 2.08. The quantitative estimate of drug-likeness (QED) is 0.622. The van der Waals surface area contributed by atoms with E-state index in [1.54, 1.807) is 11.8 Å². The van der Waals surface area contributed by atoms with Gasteiger partial charge in [0, 0.05) is 13.1 Å². The fourth-order valence-corrected chi connectivity index (χ4v) is 1.88. The highest BCUT2D eigenvalue weighted by atomic mass is 16.6. The van der Waals surface area contributed by atoms with E-state index < -0.39 is 16.3 Å². The summed E-state index contributed by atoms with van der Waals surface area (Å²) in [5.41, 5.74) is -0.996. The van der Waals surface area contributed by atoms with Crippen LogP contribution in [0.2, 0.25) is 0 Å². The summed E-state index contributed by atoms with van der Waals surface area (Å²) in [4.78, 5) is 30.5. The lowest BCUT2D eigenvalue weighted by Gasteiger charge is -2.19. The number of anilines is 1. The molecule has 0 amide bonds. The van der Waals surface area contributed by atoms with E-state index >= 15 is 0 Å². The third-order valence-corrected chi connectivity index (χ3v) is 3.11. The van der Waals surface area contributed by atoms with Gasteiger partial charge in [-0.25, -0.2) is 9.97 Å². The first kappa shape index (κ1) is 12.2. The predicted octanol–water partition coefficient (Wildman–Crippen LogP) is 0.686. The molecule has 0 saturated carbocycles. The van der Waals surface area contributed by atoms with Crippen LogP contribution in [-0.4, -0.2) is 39.1 Å². The maximum Gasteiger partial charge on any atom is 0.311 e. The third-order valence-electron chi connectivity index (χ3n) is 3.11. The van der Waals surface area contributed by atoms with Gasteiger partial charge < -0.3 is 10.0 Å². The van der Waals surface area contributed by atoms with Gasteiger partial charge in [0.05, 0.1) is 10.3 Å². The van der Waals surface area contributed by atoms with Gasteiger partial charge in [-0.15, -0.1) is 0 Å². The molecule has 0 radical (unpaired) electrons. The minimum Gasteiger partial charge on any atom is -0.481 e. The summed E-state index contributed by atoms with van der Waals surface area (Å²) >= 11 is 0. The molecule has 96 valence electrons. The van der Waals surface area contributed by atoms with Gasteiger partial charge in [-0.1, -0.05) is 0 Å². The van der Waals surface area contributed by atoms with E-state index in [0.717, 1.165) is 12.4 Å². The number of nitrogens with zero attached hydrogens (tertiary/aromatic N) is 4. The Labute approximate surface area is 102 Å². The molecule has 1 unspecified atom stereocenters. The lowest BCUT2D eigenvalue weighted by Crippen LogP contribution is -2.32. The maximum atomic E-state index is 11.1. The van der Waals surface area contributed by atoms with Crippen molar-refractivity contribution in [1.29, 1.82) is 0 Å². The molecule has 1 fully saturated rings. The van der Waals surface area contributed by atoms with Gasteiger partial charge in [0.2, 0.25) is 5.95 Å². The number of rotatable bonds is 3. The maximum absolute atomic E-state index is 11.1. The highest BCUT2D eigenvalue weighted by molar-refractivity contribution is 5.76. The number of carboxylic acids is 1. The Bertz CT molecular complexity index is 489. The molecule has 2 heterocycles. The smallest absolute Gasteiger partial charge is 0.311 e. The molecule has 1 saturated heterocycles. The van der Waals surface area contributed by atoms with Crippen molar-refractivity contribution < 1.29 is 14.8 Å². The van der Waals surface area contributed by atoms with Crippen LogP contribution in [0.1, 0.15) is 13.3 Å². The van der Waals surface area contributed by atoms with Crippen molar-refractivity contribution in [3.8, 4) is 0 Å². The summed E-state index contributed by atoms with van der Waals surface area (Å²) in [6, 6.07) is 0. The second-order valence-corrected chi connectivity index (χ2v) is 4.54. The van der Waals surface area contributed by atoms with E-state index in [0.29, 0.717) is 25.5 Å². The first-order chi connectivity index (χ1) is 8.42. The Morgan fingerprint density at radius 3 is 2.61 bits per heavy atom. The van der Waals surface area contributed by atoms with Crippen LogP contribution in [0.15, 0.2) is 12.4 Å². The number of hydrogen-bond donors (Lipinski definition) is 1. The van der Waals surface area contributed by atoms with Crippen LogP contribution in [-0.2, 0) is 4.79 Å². The monoisotopic (exact) mass is 252 g/mol. The molecule has 0 bridgehead atoms. The van der Waals surface area contributed by atoms with Crippen LogP contribution in [0.5, 0.6) is 0 Å². The summed E-state index contributed by atoms with van der Waals surface area (Å²) < 4.78 is 0. The number of nitro groups is 1.